The number of hydrogen-bond acceptors (Lipinski definition) is 5. The van der Waals surface area contributed by atoms with Crippen molar-refractivity contribution in [3.05, 3.63) is 35.4 Å². The van der Waals surface area contributed by atoms with Crippen molar-refractivity contribution in [2.24, 2.45) is 7.05 Å². The zero-order chi connectivity index (χ0) is 13.0. The minimum Gasteiger partial charge on any atom is -0.294 e. The third-order valence-corrected chi connectivity index (χ3v) is 3.53. The van der Waals surface area contributed by atoms with Crippen LogP contribution in [-0.2, 0) is 7.05 Å². The maximum absolute atomic E-state index is 11.9. The molecule has 0 saturated heterocycles. The van der Waals surface area contributed by atoms with Gasteiger partial charge in [-0.25, -0.2) is 4.68 Å². The number of nitrogens with zero attached hydrogens (tertiary/aromatic N) is 4. The number of aromatic nitrogens is 4. The first kappa shape index (κ1) is 12.8. The number of Topliss-reactive ketones (excluding diaryl/α,β-unsaturated/α-hetero) is 1. The average Bonchev–Trinajstić information content (AvgIpc) is 2.76. The lowest BCUT2D eigenvalue weighted by Gasteiger charge is -2.01. The summed E-state index contributed by atoms with van der Waals surface area (Å²) in [5.41, 5.74) is 1.92. The molecule has 0 unspecified atom stereocenters. The van der Waals surface area contributed by atoms with Crippen LogP contribution in [0.4, 0.5) is 0 Å². The van der Waals surface area contributed by atoms with Crippen molar-refractivity contribution < 1.29 is 4.79 Å². The maximum atomic E-state index is 11.9. The molecule has 6 heteroatoms. The number of rotatable bonds is 5. The van der Waals surface area contributed by atoms with Gasteiger partial charge in [0.2, 0.25) is 5.16 Å². The monoisotopic (exact) mass is 262 g/mol. The minimum atomic E-state index is 0.151. The van der Waals surface area contributed by atoms with Gasteiger partial charge in [-0.15, -0.1) is 5.10 Å². The first-order valence-electron chi connectivity index (χ1n) is 5.62. The van der Waals surface area contributed by atoms with Crippen molar-refractivity contribution in [1.29, 1.82) is 0 Å². The molecule has 0 spiro atoms. The molecule has 94 valence electrons. The Bertz CT molecular complexity index is 535. The van der Waals surface area contributed by atoms with E-state index in [1.165, 1.54) is 11.8 Å². The van der Waals surface area contributed by atoms with E-state index in [0.29, 0.717) is 12.2 Å². The highest BCUT2D eigenvalue weighted by molar-refractivity contribution is 7.99. The highest BCUT2D eigenvalue weighted by Gasteiger charge is 2.07. The molecular formula is C12H14N4OS. The third-order valence-electron chi connectivity index (χ3n) is 2.52. The van der Waals surface area contributed by atoms with Crippen molar-refractivity contribution in [2.75, 3.05) is 5.75 Å². The zero-order valence-corrected chi connectivity index (χ0v) is 11.1. The van der Waals surface area contributed by atoms with Crippen molar-refractivity contribution in [1.82, 2.24) is 20.2 Å². The number of benzene rings is 1. The van der Waals surface area contributed by atoms with Crippen LogP contribution in [0.25, 0.3) is 0 Å². The van der Waals surface area contributed by atoms with Crippen molar-refractivity contribution >= 4 is 17.5 Å². The molecule has 5 nitrogen and oxygen atoms in total. The van der Waals surface area contributed by atoms with Crippen LogP contribution < -0.4 is 0 Å². The normalized spacial score (nSPS) is 10.6. The van der Waals surface area contributed by atoms with E-state index in [4.69, 9.17) is 0 Å². The Morgan fingerprint density at radius 2 is 2.06 bits per heavy atom. The van der Waals surface area contributed by atoms with Crippen molar-refractivity contribution in [2.45, 2.75) is 18.5 Å². The molecule has 2 aromatic rings. The van der Waals surface area contributed by atoms with Crippen LogP contribution in [0, 0.1) is 6.92 Å². The van der Waals surface area contributed by atoms with Crippen molar-refractivity contribution in [3.8, 4) is 0 Å². The van der Waals surface area contributed by atoms with E-state index in [1.54, 1.807) is 11.7 Å². The molecule has 1 aromatic carbocycles. The second-order valence-corrected chi connectivity index (χ2v) is 5.03. The zero-order valence-electron chi connectivity index (χ0n) is 10.3. The second kappa shape index (κ2) is 5.77. The fourth-order valence-electron chi connectivity index (χ4n) is 1.46. The minimum absolute atomic E-state index is 0.151. The lowest BCUT2D eigenvalue weighted by Crippen LogP contribution is -2.01. The molecule has 1 aromatic heterocycles. The molecule has 0 fully saturated rings. The van der Waals surface area contributed by atoms with Gasteiger partial charge in [0.25, 0.3) is 0 Å². The fourth-order valence-corrected chi connectivity index (χ4v) is 2.25. The number of ketones is 1. The molecule has 1 heterocycles. The van der Waals surface area contributed by atoms with E-state index >= 15 is 0 Å². The average molecular weight is 262 g/mol. The van der Waals surface area contributed by atoms with E-state index in [-0.39, 0.29) is 5.78 Å². The Labute approximate surface area is 110 Å². The lowest BCUT2D eigenvalue weighted by molar-refractivity contribution is 0.0989. The van der Waals surface area contributed by atoms with Gasteiger partial charge in [0.05, 0.1) is 0 Å². The largest absolute Gasteiger partial charge is 0.294 e. The number of carbonyl (C=O) groups excluding carboxylic acids is 1. The highest BCUT2D eigenvalue weighted by atomic mass is 32.2. The molecule has 2 rings (SSSR count). The molecule has 18 heavy (non-hydrogen) atoms. The van der Waals surface area contributed by atoms with Gasteiger partial charge in [-0.3, -0.25) is 4.79 Å². The summed E-state index contributed by atoms with van der Waals surface area (Å²) < 4.78 is 1.60. The Kier molecular flexibility index (Phi) is 4.09. The topological polar surface area (TPSA) is 60.7 Å². The van der Waals surface area contributed by atoms with Crippen LogP contribution in [0.1, 0.15) is 22.3 Å². The van der Waals surface area contributed by atoms with E-state index < -0.39 is 0 Å². The van der Waals surface area contributed by atoms with Crippen molar-refractivity contribution in [3.63, 3.8) is 0 Å². The molecular weight excluding hydrogens is 248 g/mol. The predicted molar refractivity (Wildman–Crippen MR) is 69.6 cm³/mol. The van der Waals surface area contributed by atoms with Crippen LogP contribution in [0.15, 0.2) is 29.4 Å². The van der Waals surface area contributed by atoms with Gasteiger partial charge < -0.3 is 0 Å². The second-order valence-electron chi connectivity index (χ2n) is 3.97. The van der Waals surface area contributed by atoms with Gasteiger partial charge in [0.1, 0.15) is 0 Å². The first-order valence-corrected chi connectivity index (χ1v) is 6.60. The van der Waals surface area contributed by atoms with E-state index in [9.17, 15) is 4.79 Å². The van der Waals surface area contributed by atoms with Gasteiger partial charge in [-0.1, -0.05) is 41.6 Å². The van der Waals surface area contributed by atoms with Gasteiger partial charge in [0, 0.05) is 24.8 Å². The Morgan fingerprint density at radius 3 is 2.67 bits per heavy atom. The van der Waals surface area contributed by atoms with Gasteiger partial charge in [-0.05, 0) is 17.4 Å². The van der Waals surface area contributed by atoms with Crippen LogP contribution in [-0.4, -0.2) is 31.7 Å². The number of hydrogen-bond donors (Lipinski definition) is 0. The Morgan fingerprint density at radius 1 is 1.33 bits per heavy atom. The molecule has 0 atom stereocenters. The van der Waals surface area contributed by atoms with Gasteiger partial charge in [0.15, 0.2) is 5.78 Å². The SMILES string of the molecule is Cc1ccc(C(=O)CCSc2nnnn2C)cc1. The summed E-state index contributed by atoms with van der Waals surface area (Å²) in [6.45, 7) is 2.01. The third kappa shape index (κ3) is 3.16. The lowest BCUT2D eigenvalue weighted by atomic mass is 10.1. The quantitative estimate of drug-likeness (QED) is 0.608. The summed E-state index contributed by atoms with van der Waals surface area (Å²) in [4.78, 5) is 11.9. The van der Waals surface area contributed by atoms with Gasteiger partial charge >= 0.3 is 0 Å². The maximum Gasteiger partial charge on any atom is 0.209 e. The Hall–Kier alpha value is -1.69. The molecule has 0 radical (unpaired) electrons. The number of thioether (sulfide) groups is 1. The number of carbonyl (C=O) groups is 1. The summed E-state index contributed by atoms with van der Waals surface area (Å²) in [6, 6.07) is 7.64. The molecule has 0 aliphatic carbocycles. The van der Waals surface area contributed by atoms with Crippen LogP contribution >= 0.6 is 11.8 Å². The van der Waals surface area contributed by atoms with E-state index in [1.807, 2.05) is 31.2 Å². The van der Waals surface area contributed by atoms with E-state index in [0.717, 1.165) is 16.3 Å². The fraction of sp³-hybridized carbons (Fsp3) is 0.333. The smallest absolute Gasteiger partial charge is 0.209 e. The van der Waals surface area contributed by atoms with E-state index in [2.05, 4.69) is 15.5 Å². The molecule has 0 amide bonds. The van der Waals surface area contributed by atoms with Crippen LogP contribution in [0.2, 0.25) is 0 Å². The molecule has 0 saturated carbocycles. The summed E-state index contributed by atoms with van der Waals surface area (Å²) >= 11 is 1.49. The summed E-state index contributed by atoms with van der Waals surface area (Å²) in [7, 11) is 1.78. The number of tetrazole rings is 1. The van der Waals surface area contributed by atoms with Crippen LogP contribution in [0.3, 0.4) is 0 Å². The summed E-state index contributed by atoms with van der Waals surface area (Å²) in [6.07, 6.45) is 0.487. The summed E-state index contributed by atoms with van der Waals surface area (Å²) in [5.74, 6) is 0.832. The molecule has 0 bridgehead atoms. The van der Waals surface area contributed by atoms with Gasteiger partial charge in [-0.2, -0.15) is 0 Å². The molecule has 0 N–H and O–H groups in total. The predicted octanol–water partition coefficient (Wildman–Crippen LogP) is 1.88. The molecule has 0 aliphatic heterocycles. The molecule has 0 aliphatic rings. The number of aryl methyl sites for hydroxylation is 2. The van der Waals surface area contributed by atoms with Crippen LogP contribution in [0.5, 0.6) is 0 Å². The highest BCUT2D eigenvalue weighted by Crippen LogP contribution is 2.15. The first-order chi connectivity index (χ1) is 8.66. The standard InChI is InChI=1S/C12H14N4OS/c1-9-3-5-10(6-4-9)11(17)7-8-18-12-13-14-15-16(12)2/h3-6H,7-8H2,1-2H3. The Balaban J connectivity index is 1.85. The summed E-state index contributed by atoms with van der Waals surface area (Å²) in [5, 5.41) is 11.9.